The predicted octanol–water partition coefficient (Wildman–Crippen LogP) is 4.11. The van der Waals surface area contributed by atoms with Gasteiger partial charge in [0.1, 0.15) is 18.4 Å². The summed E-state index contributed by atoms with van der Waals surface area (Å²) >= 11 is 0. The Morgan fingerprint density at radius 3 is 2.61 bits per heavy atom. The fourth-order valence-corrected chi connectivity index (χ4v) is 4.46. The molecule has 4 rings (SSSR count). The van der Waals surface area contributed by atoms with Gasteiger partial charge in [0.15, 0.2) is 5.76 Å². The Bertz CT molecular complexity index is 1270. The number of ketones is 1. The van der Waals surface area contributed by atoms with Gasteiger partial charge in [-0.2, -0.15) is 0 Å². The third-order valence-corrected chi connectivity index (χ3v) is 6.30. The van der Waals surface area contributed by atoms with Crippen molar-refractivity contribution in [1.82, 2.24) is 4.90 Å². The van der Waals surface area contributed by atoms with Gasteiger partial charge in [-0.15, -0.1) is 0 Å². The number of Topliss-reactive ketones (excluding diaryl/α,β-unsaturated/α-hetero) is 1. The first kappa shape index (κ1) is 27.3. The van der Waals surface area contributed by atoms with E-state index in [2.05, 4.69) is 0 Å². The van der Waals surface area contributed by atoms with Crippen molar-refractivity contribution in [2.45, 2.75) is 31.9 Å². The molecule has 9 heteroatoms. The van der Waals surface area contributed by atoms with Crippen LogP contribution < -0.4 is 0 Å². The number of methoxy groups -OCH3 is 1. The van der Waals surface area contributed by atoms with E-state index in [-0.39, 0.29) is 25.6 Å². The number of cyclic esters (lactones) is 1. The minimum Gasteiger partial charge on any atom is -0.457 e. The monoisotopic (exact) mass is 521 g/mol. The first-order valence-electron chi connectivity index (χ1n) is 12.4. The highest BCUT2D eigenvalue weighted by atomic mass is 16.6. The first-order valence-corrected chi connectivity index (χ1v) is 12.4. The third-order valence-electron chi connectivity index (χ3n) is 6.30. The Hall–Kier alpha value is -3.79. The summed E-state index contributed by atoms with van der Waals surface area (Å²) in [5, 5.41) is 8.91. The van der Waals surface area contributed by atoms with Crippen molar-refractivity contribution in [3.63, 3.8) is 0 Å². The van der Waals surface area contributed by atoms with Gasteiger partial charge in [-0.1, -0.05) is 60.2 Å². The molecule has 0 unspecified atom stereocenters. The quantitative estimate of drug-likeness (QED) is 0.215. The van der Waals surface area contributed by atoms with E-state index < -0.39 is 29.9 Å². The summed E-state index contributed by atoms with van der Waals surface area (Å²) in [5.74, 6) is -0.990. The van der Waals surface area contributed by atoms with Gasteiger partial charge in [0, 0.05) is 25.7 Å². The van der Waals surface area contributed by atoms with E-state index in [1.54, 1.807) is 30.3 Å². The van der Waals surface area contributed by atoms with Gasteiger partial charge in [0.05, 0.1) is 13.2 Å². The average molecular weight is 522 g/mol. The Labute approximate surface area is 220 Å². The highest BCUT2D eigenvalue weighted by Gasteiger charge is 2.44. The maximum atomic E-state index is 13.5. The SMILES string of the molecule is CO[C@@H](C(=O)c1cc(-c2cccc(C)c2)c(CCCOCCO)o1)C(=O)N1C(=O)OC[C@@H]1c1ccccc1. The van der Waals surface area contributed by atoms with Crippen molar-refractivity contribution < 1.29 is 38.1 Å². The number of imide groups is 1. The average Bonchev–Trinajstić information content (AvgIpc) is 3.53. The molecule has 3 aromatic rings. The van der Waals surface area contributed by atoms with E-state index in [1.165, 1.54) is 7.11 Å². The van der Waals surface area contributed by atoms with Gasteiger partial charge >= 0.3 is 6.09 Å². The molecule has 200 valence electrons. The molecular weight excluding hydrogens is 490 g/mol. The zero-order valence-corrected chi connectivity index (χ0v) is 21.4. The van der Waals surface area contributed by atoms with E-state index in [0.717, 1.165) is 21.6 Å². The summed E-state index contributed by atoms with van der Waals surface area (Å²) in [6.45, 7) is 2.55. The molecule has 1 saturated heterocycles. The third kappa shape index (κ3) is 6.02. The molecule has 0 bridgehead atoms. The summed E-state index contributed by atoms with van der Waals surface area (Å²) in [5.41, 5.74) is 3.34. The fourth-order valence-electron chi connectivity index (χ4n) is 4.46. The number of benzene rings is 2. The van der Waals surface area contributed by atoms with Crippen molar-refractivity contribution >= 4 is 17.8 Å². The largest absolute Gasteiger partial charge is 0.457 e. The van der Waals surface area contributed by atoms with Gasteiger partial charge in [0.25, 0.3) is 5.91 Å². The number of carbonyl (C=O) groups excluding carboxylic acids is 3. The van der Waals surface area contributed by atoms with Crippen molar-refractivity contribution in [3.05, 3.63) is 83.3 Å². The molecule has 9 nitrogen and oxygen atoms in total. The number of amides is 2. The Balaban J connectivity index is 1.60. The molecule has 2 amide bonds. The number of aliphatic hydroxyl groups excluding tert-OH is 1. The summed E-state index contributed by atoms with van der Waals surface area (Å²) in [7, 11) is 1.24. The van der Waals surface area contributed by atoms with Crippen LogP contribution in [-0.4, -0.2) is 67.4 Å². The van der Waals surface area contributed by atoms with Crippen LogP contribution in [0, 0.1) is 6.92 Å². The van der Waals surface area contributed by atoms with Crippen LogP contribution in [0.25, 0.3) is 11.1 Å². The van der Waals surface area contributed by atoms with Crippen LogP contribution in [0.2, 0.25) is 0 Å². The summed E-state index contributed by atoms with van der Waals surface area (Å²) in [6, 6.07) is 17.7. The lowest BCUT2D eigenvalue weighted by Gasteiger charge is -2.23. The number of hydrogen-bond acceptors (Lipinski definition) is 8. The highest BCUT2D eigenvalue weighted by molar-refractivity contribution is 6.14. The number of aryl methyl sites for hydroxylation is 2. The number of furan rings is 1. The van der Waals surface area contributed by atoms with Gasteiger partial charge in [-0.3, -0.25) is 9.59 Å². The lowest BCUT2D eigenvalue weighted by molar-refractivity contribution is -0.137. The Kier molecular flexibility index (Phi) is 9.06. The van der Waals surface area contributed by atoms with Crippen LogP contribution in [0.4, 0.5) is 4.79 Å². The number of carbonyl (C=O) groups is 3. The van der Waals surface area contributed by atoms with Crippen LogP contribution in [0.5, 0.6) is 0 Å². The van der Waals surface area contributed by atoms with Crippen LogP contribution in [-0.2, 0) is 25.4 Å². The van der Waals surface area contributed by atoms with E-state index in [9.17, 15) is 14.4 Å². The second-order valence-corrected chi connectivity index (χ2v) is 8.95. The van der Waals surface area contributed by atoms with Crippen LogP contribution >= 0.6 is 0 Å². The zero-order chi connectivity index (χ0) is 27.1. The number of aliphatic hydroxyl groups is 1. The molecule has 2 atom stereocenters. The van der Waals surface area contributed by atoms with Crippen LogP contribution in [0.3, 0.4) is 0 Å². The maximum absolute atomic E-state index is 13.5. The van der Waals surface area contributed by atoms with Crippen LogP contribution in [0.1, 0.15) is 39.9 Å². The van der Waals surface area contributed by atoms with E-state index >= 15 is 0 Å². The fraction of sp³-hybridized carbons (Fsp3) is 0.345. The molecule has 0 radical (unpaired) electrons. The Morgan fingerprint density at radius 1 is 1.11 bits per heavy atom. The molecule has 1 aliphatic heterocycles. The summed E-state index contributed by atoms with van der Waals surface area (Å²) in [6.07, 6.45) is -1.35. The number of nitrogens with zero attached hydrogens (tertiary/aromatic N) is 1. The summed E-state index contributed by atoms with van der Waals surface area (Å²) < 4.78 is 21.8. The van der Waals surface area contributed by atoms with Crippen molar-refractivity contribution in [1.29, 1.82) is 0 Å². The van der Waals surface area contributed by atoms with Gasteiger partial charge in [0.2, 0.25) is 11.9 Å². The predicted molar refractivity (Wildman–Crippen MR) is 138 cm³/mol. The number of ether oxygens (including phenoxy) is 3. The Morgan fingerprint density at radius 2 is 1.89 bits per heavy atom. The molecule has 1 N–H and O–H groups in total. The van der Waals surface area contributed by atoms with Crippen molar-refractivity contribution in [2.75, 3.05) is 33.5 Å². The smallest absolute Gasteiger partial charge is 0.417 e. The summed E-state index contributed by atoms with van der Waals surface area (Å²) in [4.78, 5) is 40.4. The van der Waals surface area contributed by atoms with E-state index in [4.69, 9.17) is 23.7 Å². The maximum Gasteiger partial charge on any atom is 0.417 e. The van der Waals surface area contributed by atoms with Gasteiger partial charge in [-0.05, 0) is 30.5 Å². The lowest BCUT2D eigenvalue weighted by Crippen LogP contribution is -2.45. The molecule has 0 aliphatic carbocycles. The van der Waals surface area contributed by atoms with Crippen LogP contribution in [0.15, 0.2) is 65.1 Å². The molecule has 0 spiro atoms. The second kappa shape index (κ2) is 12.6. The second-order valence-electron chi connectivity index (χ2n) is 8.95. The minimum atomic E-state index is -1.59. The van der Waals surface area contributed by atoms with Crippen molar-refractivity contribution in [2.24, 2.45) is 0 Å². The first-order chi connectivity index (χ1) is 18.4. The number of hydrogen-bond donors (Lipinski definition) is 1. The highest BCUT2D eigenvalue weighted by Crippen LogP contribution is 2.32. The van der Waals surface area contributed by atoms with Gasteiger partial charge < -0.3 is 23.7 Å². The lowest BCUT2D eigenvalue weighted by atomic mass is 10.0. The van der Waals surface area contributed by atoms with E-state index in [0.29, 0.717) is 30.8 Å². The molecular formula is C29H31NO8. The molecule has 2 heterocycles. The number of rotatable bonds is 12. The molecule has 1 aromatic heterocycles. The van der Waals surface area contributed by atoms with Gasteiger partial charge in [-0.25, -0.2) is 9.69 Å². The molecule has 2 aromatic carbocycles. The molecule has 38 heavy (non-hydrogen) atoms. The topological polar surface area (TPSA) is 116 Å². The minimum absolute atomic E-state index is 0.0139. The molecule has 0 saturated carbocycles. The zero-order valence-electron chi connectivity index (χ0n) is 21.4. The normalized spacial score (nSPS) is 15.9. The molecule has 1 fully saturated rings. The molecule has 1 aliphatic rings. The van der Waals surface area contributed by atoms with Crippen molar-refractivity contribution in [3.8, 4) is 11.1 Å². The van der Waals surface area contributed by atoms with E-state index in [1.807, 2.05) is 37.3 Å². The standard InChI is InChI=1S/C29H31NO8/c1-19-8-6-11-21(16-19)22-17-25(38-24(22)12-7-14-36-15-13-31)26(32)27(35-2)28(33)30-23(18-37-29(30)34)20-9-4-3-5-10-20/h3-6,8-11,16-17,23,27,31H,7,12-15,18H2,1-2H3/t23-,27+/m1/s1.